The van der Waals surface area contributed by atoms with Gasteiger partial charge in [-0.1, -0.05) is 36.8 Å². The number of carbonyl (C=O) groups excluding carboxylic acids is 1. The van der Waals surface area contributed by atoms with Gasteiger partial charge in [0, 0.05) is 18.9 Å². The Morgan fingerprint density at radius 3 is 2.62 bits per heavy atom. The molecule has 1 heterocycles. The van der Waals surface area contributed by atoms with Crippen LogP contribution < -0.4 is 17.1 Å². The number of amidine groups is 1. The van der Waals surface area contributed by atoms with Gasteiger partial charge in [0.05, 0.1) is 0 Å². The number of amides is 1. The second-order valence-corrected chi connectivity index (χ2v) is 8.53. The lowest BCUT2D eigenvalue weighted by Crippen LogP contribution is -2.69. The van der Waals surface area contributed by atoms with E-state index in [1.54, 1.807) is 24.3 Å². The summed E-state index contributed by atoms with van der Waals surface area (Å²) in [5.74, 6) is 0.560. The minimum Gasteiger partial charge on any atom is -0.480 e. The van der Waals surface area contributed by atoms with Crippen LogP contribution in [0.4, 0.5) is 4.79 Å². The smallest absolute Gasteiger partial charge is 0.411 e. The van der Waals surface area contributed by atoms with Crippen molar-refractivity contribution in [1.29, 1.82) is 0 Å². The first-order valence-electron chi connectivity index (χ1n) is 10.7. The van der Waals surface area contributed by atoms with Crippen LogP contribution in [-0.4, -0.2) is 56.5 Å². The fourth-order valence-corrected chi connectivity index (χ4v) is 4.90. The first-order chi connectivity index (χ1) is 15.2. The Morgan fingerprint density at radius 2 is 1.97 bits per heavy atom. The van der Waals surface area contributed by atoms with Gasteiger partial charge in [-0.15, -0.1) is 0 Å². The number of hydrazone groups is 1. The molecule has 2 aliphatic rings. The van der Waals surface area contributed by atoms with E-state index in [4.69, 9.17) is 16.3 Å². The molecular formula is C21H31N5O6. The number of carbonyl (C=O) groups is 2. The highest BCUT2D eigenvalue weighted by Gasteiger charge is 2.59. The minimum absolute atomic E-state index is 0.0385. The number of piperidine rings is 1. The number of rotatable bonds is 7. The third-order valence-corrected chi connectivity index (χ3v) is 6.48. The Kier molecular flexibility index (Phi) is 7.54. The molecule has 1 aliphatic carbocycles. The average molecular weight is 450 g/mol. The average Bonchev–Trinajstić information content (AvgIpc) is 2.76. The molecule has 1 amide bonds. The summed E-state index contributed by atoms with van der Waals surface area (Å²) in [6.45, 7) is 0.0503. The van der Waals surface area contributed by atoms with Crippen molar-refractivity contribution in [3.63, 3.8) is 0 Å². The Labute approximate surface area is 186 Å². The van der Waals surface area contributed by atoms with Crippen molar-refractivity contribution < 1.29 is 29.6 Å². The van der Waals surface area contributed by atoms with E-state index in [0.29, 0.717) is 31.5 Å². The van der Waals surface area contributed by atoms with E-state index in [1.165, 1.54) is 0 Å². The van der Waals surface area contributed by atoms with E-state index < -0.39 is 29.8 Å². The van der Waals surface area contributed by atoms with Crippen LogP contribution in [0.5, 0.6) is 0 Å². The van der Waals surface area contributed by atoms with Gasteiger partial charge in [-0.2, -0.15) is 5.10 Å². The molecule has 4 atom stereocenters. The number of fused-ring (bicyclic) bond motifs is 1. The topological polar surface area (TPSA) is 184 Å². The van der Waals surface area contributed by atoms with Crippen molar-refractivity contribution >= 4 is 17.9 Å². The van der Waals surface area contributed by atoms with Crippen LogP contribution in [0.1, 0.15) is 37.7 Å². The number of hydrazine groups is 1. The van der Waals surface area contributed by atoms with Crippen LogP contribution in [0, 0.1) is 17.8 Å². The number of carboxylic acid groups (broad SMARTS) is 1. The van der Waals surface area contributed by atoms with Gasteiger partial charge >= 0.3 is 12.1 Å². The number of nitrogens with zero attached hydrogens (tertiary/aromatic N) is 2. The molecule has 0 radical (unpaired) electrons. The van der Waals surface area contributed by atoms with Crippen LogP contribution in [0.3, 0.4) is 0 Å². The monoisotopic (exact) mass is 449 g/mol. The summed E-state index contributed by atoms with van der Waals surface area (Å²) in [5.41, 5.74) is 8.62. The highest BCUT2D eigenvalue weighted by molar-refractivity contribution is 5.81. The maximum Gasteiger partial charge on any atom is 0.411 e. The molecule has 11 heteroatoms. The summed E-state index contributed by atoms with van der Waals surface area (Å²) in [5, 5.41) is 35.3. The highest BCUT2D eigenvalue weighted by atomic mass is 16.6. The molecule has 1 aliphatic heterocycles. The third kappa shape index (κ3) is 5.29. The number of likely N-dealkylation sites (tertiary alicyclic amines) is 1. The predicted molar refractivity (Wildman–Crippen MR) is 114 cm³/mol. The molecule has 176 valence electrons. The number of aliphatic hydroxyl groups is 2. The quantitative estimate of drug-likeness (QED) is 0.112. The first-order valence-corrected chi connectivity index (χ1v) is 10.7. The Morgan fingerprint density at radius 1 is 1.25 bits per heavy atom. The summed E-state index contributed by atoms with van der Waals surface area (Å²) in [6, 6.07) is 7.16. The van der Waals surface area contributed by atoms with Gasteiger partial charge in [-0.25, -0.2) is 21.0 Å². The van der Waals surface area contributed by atoms with Crippen LogP contribution >= 0.6 is 0 Å². The van der Waals surface area contributed by atoms with Crippen molar-refractivity contribution in [2.45, 2.75) is 50.5 Å². The van der Waals surface area contributed by atoms with Crippen molar-refractivity contribution in [2.24, 2.45) is 34.4 Å². The normalized spacial score (nSPS) is 27.3. The molecule has 11 nitrogen and oxygen atoms in total. The van der Waals surface area contributed by atoms with E-state index in [-0.39, 0.29) is 25.0 Å². The Bertz CT molecular complexity index is 833. The molecule has 1 aromatic carbocycles. The molecule has 0 bridgehead atoms. The number of hydrogen-bond donors (Lipinski definition) is 6. The van der Waals surface area contributed by atoms with Crippen LogP contribution in [-0.2, 0) is 16.1 Å². The van der Waals surface area contributed by atoms with Crippen LogP contribution in [0.25, 0.3) is 0 Å². The zero-order valence-corrected chi connectivity index (χ0v) is 17.8. The SMILES string of the molecule is NN/N=C(\N)CCC1CCC2CN(C(=O)OCc3ccccc3)C(C(=O)O)C(O)(O)C2C1. The molecule has 32 heavy (non-hydrogen) atoms. The van der Waals surface area contributed by atoms with E-state index in [0.717, 1.165) is 16.9 Å². The first kappa shape index (κ1) is 23.8. The van der Waals surface area contributed by atoms with Gasteiger partial charge in [0.1, 0.15) is 12.4 Å². The fourth-order valence-electron chi connectivity index (χ4n) is 4.90. The molecule has 0 aromatic heterocycles. The largest absolute Gasteiger partial charge is 0.480 e. The maximum absolute atomic E-state index is 12.7. The summed E-state index contributed by atoms with van der Waals surface area (Å²) < 4.78 is 5.29. The molecule has 2 fully saturated rings. The number of benzene rings is 1. The van der Waals surface area contributed by atoms with E-state index in [1.807, 2.05) is 6.07 Å². The third-order valence-electron chi connectivity index (χ3n) is 6.48. The highest BCUT2D eigenvalue weighted by Crippen LogP contribution is 2.46. The molecule has 8 N–H and O–H groups in total. The lowest BCUT2D eigenvalue weighted by Gasteiger charge is -2.52. The summed E-state index contributed by atoms with van der Waals surface area (Å²) in [6.07, 6.45) is 2.10. The molecular weight excluding hydrogens is 418 g/mol. The summed E-state index contributed by atoms with van der Waals surface area (Å²) in [4.78, 5) is 25.6. The van der Waals surface area contributed by atoms with Gasteiger partial charge in [-0.3, -0.25) is 4.90 Å². The second-order valence-electron chi connectivity index (χ2n) is 8.53. The molecule has 1 saturated carbocycles. The number of nitrogens with one attached hydrogen (secondary N) is 1. The van der Waals surface area contributed by atoms with Crippen molar-refractivity contribution in [3.8, 4) is 0 Å². The van der Waals surface area contributed by atoms with Crippen molar-refractivity contribution in [1.82, 2.24) is 10.4 Å². The van der Waals surface area contributed by atoms with E-state index in [2.05, 4.69) is 10.6 Å². The number of nitrogens with two attached hydrogens (primary N) is 2. The lowest BCUT2D eigenvalue weighted by molar-refractivity contribution is -0.275. The Balaban J connectivity index is 1.70. The van der Waals surface area contributed by atoms with Gasteiger partial charge in [0.25, 0.3) is 0 Å². The van der Waals surface area contributed by atoms with E-state index >= 15 is 0 Å². The van der Waals surface area contributed by atoms with Crippen molar-refractivity contribution in [2.75, 3.05) is 6.54 Å². The molecule has 1 aromatic rings. The molecule has 4 unspecified atom stereocenters. The Hall–Kier alpha value is -2.89. The minimum atomic E-state index is -2.59. The number of hydrogen-bond acceptors (Lipinski definition) is 8. The standard InChI is InChI=1S/C21H31N5O6/c22-17(24-25-23)9-7-13-6-8-15-11-26(18(19(27)28)21(30,31)16(15)10-13)20(29)32-12-14-4-2-1-3-5-14/h1-5,13,15-16,18,25,30-31H,6-12,23H2,(H2,22,24)(H,27,28). The summed E-state index contributed by atoms with van der Waals surface area (Å²) in [7, 11) is 0. The fraction of sp³-hybridized carbons (Fsp3) is 0.571. The lowest BCUT2D eigenvalue weighted by atomic mass is 9.65. The van der Waals surface area contributed by atoms with Crippen LogP contribution in [0.2, 0.25) is 0 Å². The van der Waals surface area contributed by atoms with Gasteiger partial charge in [-0.05, 0) is 36.7 Å². The molecule has 3 rings (SSSR count). The molecule has 1 saturated heterocycles. The van der Waals surface area contributed by atoms with Crippen molar-refractivity contribution in [3.05, 3.63) is 35.9 Å². The van der Waals surface area contributed by atoms with Gasteiger partial charge < -0.3 is 25.8 Å². The predicted octanol–water partition coefficient (Wildman–Crippen LogP) is 0.321. The summed E-state index contributed by atoms with van der Waals surface area (Å²) >= 11 is 0. The number of aliphatic carboxylic acids is 1. The van der Waals surface area contributed by atoms with Gasteiger partial charge in [0.15, 0.2) is 11.8 Å². The van der Waals surface area contributed by atoms with Gasteiger partial charge in [0.2, 0.25) is 0 Å². The van der Waals surface area contributed by atoms with E-state index in [9.17, 15) is 24.9 Å². The zero-order chi connectivity index (χ0) is 23.3. The van der Waals surface area contributed by atoms with Crippen LogP contribution in [0.15, 0.2) is 35.4 Å². The maximum atomic E-state index is 12.7. The molecule has 0 spiro atoms. The number of carboxylic acids is 1. The zero-order valence-electron chi connectivity index (χ0n) is 17.8. The number of ether oxygens (including phenoxy) is 1. The second kappa shape index (κ2) is 10.2.